The molecule has 0 aliphatic heterocycles. The number of halogens is 4. The van der Waals surface area contributed by atoms with Crippen LogP contribution >= 0.6 is 0 Å². The smallest absolute Gasteiger partial charge is 0.343 e. The van der Waals surface area contributed by atoms with E-state index in [2.05, 4.69) is 0 Å². The molecule has 0 fully saturated rings. The fourth-order valence-corrected chi connectivity index (χ4v) is 6.15. The molecule has 4 aromatic rings. The van der Waals surface area contributed by atoms with Gasteiger partial charge in [0.1, 0.15) is 40.1 Å². The molecule has 0 aromatic heterocycles. The van der Waals surface area contributed by atoms with Crippen LogP contribution in [-0.2, 0) is 34.5 Å². The zero-order valence-electron chi connectivity index (χ0n) is 25.1. The molecule has 0 N–H and O–H groups in total. The summed E-state index contributed by atoms with van der Waals surface area (Å²) in [6, 6.07) is 16.8. The van der Waals surface area contributed by atoms with Gasteiger partial charge in [-0.3, -0.25) is 0 Å². The number of ether oxygens (including phenoxy) is 5. The molecular formula is C32H29F4NO8S. The summed E-state index contributed by atoms with van der Waals surface area (Å²) in [7, 11) is 0.0416. The highest BCUT2D eigenvalue weighted by Gasteiger charge is 2.40. The second-order valence-electron chi connectivity index (χ2n) is 9.65. The Kier molecular flexibility index (Phi) is 10.7. The molecule has 14 heteroatoms. The molecule has 0 amide bonds. The van der Waals surface area contributed by atoms with Crippen LogP contribution in [0.15, 0.2) is 71.6 Å². The van der Waals surface area contributed by atoms with Crippen molar-refractivity contribution in [3.05, 3.63) is 112 Å². The lowest BCUT2D eigenvalue weighted by Crippen LogP contribution is -2.33. The van der Waals surface area contributed by atoms with Gasteiger partial charge in [-0.1, -0.05) is 42.5 Å². The number of esters is 1. The molecule has 0 atom stereocenters. The summed E-state index contributed by atoms with van der Waals surface area (Å²) >= 11 is 0. The maximum Gasteiger partial charge on any atom is 0.343 e. The van der Waals surface area contributed by atoms with Gasteiger partial charge in [0, 0.05) is 36.3 Å². The lowest BCUT2D eigenvalue weighted by molar-refractivity contribution is 0.0458. The number of hydrogen-bond donors (Lipinski definition) is 0. The van der Waals surface area contributed by atoms with E-state index in [1.807, 2.05) is 0 Å². The van der Waals surface area contributed by atoms with Crippen LogP contribution in [0, 0.1) is 23.3 Å². The van der Waals surface area contributed by atoms with E-state index in [0.29, 0.717) is 21.4 Å². The Balaban J connectivity index is 1.90. The molecule has 0 spiro atoms. The first-order valence-corrected chi connectivity index (χ1v) is 14.9. The third-order valence-electron chi connectivity index (χ3n) is 6.92. The molecule has 0 unspecified atom stereocenters. The molecule has 4 aromatic carbocycles. The summed E-state index contributed by atoms with van der Waals surface area (Å²) in [5, 5.41) is 0. The zero-order chi connectivity index (χ0) is 33.6. The molecule has 46 heavy (non-hydrogen) atoms. The van der Waals surface area contributed by atoms with Gasteiger partial charge in [-0.15, -0.1) is 0 Å². The predicted molar refractivity (Wildman–Crippen MR) is 157 cm³/mol. The Morgan fingerprint density at radius 1 is 0.674 bits per heavy atom. The van der Waals surface area contributed by atoms with Gasteiger partial charge in [0.2, 0.25) is 10.0 Å². The van der Waals surface area contributed by atoms with Gasteiger partial charge in [-0.2, -0.15) is 4.31 Å². The number of nitrogens with zero attached hydrogens (tertiary/aromatic N) is 1. The Morgan fingerprint density at radius 3 is 1.65 bits per heavy atom. The summed E-state index contributed by atoms with van der Waals surface area (Å²) < 4.78 is 116. The Hall–Kier alpha value is -4.82. The molecule has 4 rings (SSSR count). The van der Waals surface area contributed by atoms with E-state index in [1.54, 1.807) is 30.3 Å². The van der Waals surface area contributed by atoms with Crippen molar-refractivity contribution in [2.75, 3.05) is 28.4 Å². The number of rotatable bonds is 13. The van der Waals surface area contributed by atoms with Crippen molar-refractivity contribution in [3.8, 4) is 23.0 Å². The normalized spacial score (nSPS) is 11.3. The number of sulfonamides is 1. The Morgan fingerprint density at radius 2 is 1.17 bits per heavy atom. The second kappa shape index (κ2) is 14.5. The fourth-order valence-electron chi connectivity index (χ4n) is 4.53. The van der Waals surface area contributed by atoms with Crippen LogP contribution in [0.2, 0.25) is 0 Å². The summed E-state index contributed by atoms with van der Waals surface area (Å²) in [4.78, 5) is 11.4. The highest BCUT2D eigenvalue weighted by atomic mass is 32.2. The van der Waals surface area contributed by atoms with Gasteiger partial charge in [0.15, 0.2) is 23.3 Å². The maximum atomic E-state index is 15.6. The topological polar surface area (TPSA) is 101 Å². The van der Waals surface area contributed by atoms with Crippen LogP contribution in [0.4, 0.5) is 17.6 Å². The monoisotopic (exact) mass is 663 g/mol. The van der Waals surface area contributed by atoms with Crippen LogP contribution in [-0.4, -0.2) is 47.1 Å². The van der Waals surface area contributed by atoms with Crippen LogP contribution in [0.5, 0.6) is 23.0 Å². The van der Waals surface area contributed by atoms with Gasteiger partial charge in [0.25, 0.3) is 0 Å². The van der Waals surface area contributed by atoms with Crippen molar-refractivity contribution in [2.24, 2.45) is 0 Å². The van der Waals surface area contributed by atoms with Gasteiger partial charge in [-0.05, 0) is 17.7 Å². The summed E-state index contributed by atoms with van der Waals surface area (Å²) in [6.45, 7) is -1.67. The van der Waals surface area contributed by atoms with Crippen molar-refractivity contribution in [3.63, 3.8) is 0 Å². The number of hydrogen-bond acceptors (Lipinski definition) is 8. The minimum atomic E-state index is -5.39. The lowest BCUT2D eigenvalue weighted by Gasteiger charge is -2.26. The third kappa shape index (κ3) is 7.02. The average molecular weight is 664 g/mol. The van der Waals surface area contributed by atoms with E-state index >= 15 is 8.78 Å². The van der Waals surface area contributed by atoms with Crippen molar-refractivity contribution >= 4 is 16.0 Å². The van der Waals surface area contributed by atoms with E-state index in [4.69, 9.17) is 23.7 Å². The molecule has 244 valence electrons. The highest BCUT2D eigenvalue weighted by molar-refractivity contribution is 7.89. The number of benzene rings is 4. The minimum Gasteiger partial charge on any atom is -0.497 e. The molecule has 0 saturated carbocycles. The first-order chi connectivity index (χ1) is 22.0. The lowest BCUT2D eigenvalue weighted by atomic mass is 10.1. The van der Waals surface area contributed by atoms with E-state index in [-0.39, 0.29) is 22.6 Å². The SMILES string of the molecule is COc1ccc(CN(Cc2ccc(OC)cc2OC)S(=O)(=O)c2c(F)c(F)c(F)c(F)c2C(=O)OCc2ccccc2)c(OC)c1. The van der Waals surface area contributed by atoms with Gasteiger partial charge < -0.3 is 23.7 Å². The van der Waals surface area contributed by atoms with Crippen LogP contribution in [0.1, 0.15) is 27.0 Å². The van der Waals surface area contributed by atoms with E-state index in [9.17, 15) is 22.0 Å². The first kappa shape index (κ1) is 34.1. The molecular weight excluding hydrogens is 634 g/mol. The van der Waals surface area contributed by atoms with E-state index in [1.165, 1.54) is 64.8 Å². The van der Waals surface area contributed by atoms with E-state index < -0.39 is 69.4 Å². The maximum absolute atomic E-state index is 15.6. The van der Waals surface area contributed by atoms with Crippen LogP contribution < -0.4 is 18.9 Å². The number of methoxy groups -OCH3 is 4. The molecule has 0 aliphatic rings. The fraction of sp³-hybridized carbons (Fsp3) is 0.219. The molecule has 0 saturated heterocycles. The molecule has 0 radical (unpaired) electrons. The van der Waals surface area contributed by atoms with Gasteiger partial charge >= 0.3 is 5.97 Å². The van der Waals surface area contributed by atoms with Gasteiger partial charge in [-0.25, -0.2) is 30.8 Å². The number of carbonyl (C=O) groups is 1. The highest BCUT2D eigenvalue weighted by Crippen LogP contribution is 2.36. The van der Waals surface area contributed by atoms with Gasteiger partial charge in [0.05, 0.1) is 28.4 Å². The van der Waals surface area contributed by atoms with E-state index in [0.717, 1.165) is 0 Å². The molecule has 9 nitrogen and oxygen atoms in total. The largest absolute Gasteiger partial charge is 0.497 e. The Labute approximate surface area is 262 Å². The molecule has 0 bridgehead atoms. The van der Waals surface area contributed by atoms with Crippen LogP contribution in [0.3, 0.4) is 0 Å². The summed E-state index contributed by atoms with van der Waals surface area (Å²) in [5.41, 5.74) is -0.795. The standard InChI is InChI=1S/C32H29F4NO8S/c1-41-22-12-10-20(24(14-22)43-3)16-37(17-21-11-13-23(42-2)15-25(21)44-4)46(39,40)31-26(27(33)28(34)29(35)30(31)36)32(38)45-18-19-8-6-5-7-9-19/h5-15H,16-18H2,1-4H3. The zero-order valence-corrected chi connectivity index (χ0v) is 25.9. The second-order valence-corrected chi connectivity index (χ2v) is 11.5. The first-order valence-electron chi connectivity index (χ1n) is 13.5. The summed E-state index contributed by atoms with van der Waals surface area (Å²) in [6.07, 6.45) is 0. The minimum absolute atomic E-state index is 0.153. The van der Waals surface area contributed by atoms with Crippen molar-refractivity contribution in [2.45, 2.75) is 24.6 Å². The number of carbonyl (C=O) groups excluding carboxylic acids is 1. The molecule has 0 aliphatic carbocycles. The van der Waals surface area contributed by atoms with Crippen molar-refractivity contribution in [1.29, 1.82) is 0 Å². The summed E-state index contributed by atoms with van der Waals surface area (Å²) in [5.74, 6) is -10.1. The van der Waals surface area contributed by atoms with Crippen molar-refractivity contribution < 1.29 is 54.5 Å². The average Bonchev–Trinajstić information content (AvgIpc) is 3.07. The predicted octanol–water partition coefficient (Wildman–Crippen LogP) is 6.03. The quantitative estimate of drug-likeness (QED) is 0.0741. The third-order valence-corrected chi connectivity index (χ3v) is 8.76. The van der Waals surface area contributed by atoms with Crippen LogP contribution in [0.25, 0.3) is 0 Å². The Bertz CT molecular complexity index is 1780. The molecule has 0 heterocycles. The van der Waals surface area contributed by atoms with Crippen molar-refractivity contribution in [1.82, 2.24) is 4.31 Å².